The van der Waals surface area contributed by atoms with Gasteiger partial charge in [-0.2, -0.15) is 0 Å². The van der Waals surface area contributed by atoms with Crippen molar-refractivity contribution >= 4 is 23.7 Å². The van der Waals surface area contributed by atoms with Crippen LogP contribution in [0.5, 0.6) is 0 Å². The predicted octanol–water partition coefficient (Wildman–Crippen LogP) is 0.179. The van der Waals surface area contributed by atoms with Crippen molar-refractivity contribution in [3.63, 3.8) is 0 Å². The van der Waals surface area contributed by atoms with Crippen molar-refractivity contribution in [1.82, 2.24) is 15.3 Å². The van der Waals surface area contributed by atoms with Gasteiger partial charge in [0.15, 0.2) is 0 Å². The van der Waals surface area contributed by atoms with Gasteiger partial charge in [0.2, 0.25) is 17.8 Å². The number of carbonyl (C=O) groups is 3. The Morgan fingerprint density at radius 1 is 1.52 bits per heavy atom. The van der Waals surface area contributed by atoms with Crippen molar-refractivity contribution in [2.24, 2.45) is 0 Å². The van der Waals surface area contributed by atoms with Crippen LogP contribution in [0.25, 0.3) is 0 Å². The maximum atomic E-state index is 11.6. The maximum Gasteiger partial charge on any atom is 0.341 e. The summed E-state index contributed by atoms with van der Waals surface area (Å²) in [5, 5.41) is 5.09. The van der Waals surface area contributed by atoms with Gasteiger partial charge in [-0.15, -0.1) is 0 Å². The quantitative estimate of drug-likeness (QED) is 0.601. The molecule has 0 aromatic carbocycles. The van der Waals surface area contributed by atoms with E-state index in [9.17, 15) is 14.4 Å². The van der Waals surface area contributed by atoms with Crippen molar-refractivity contribution in [2.75, 3.05) is 11.9 Å². The first kappa shape index (κ1) is 14.9. The first-order valence-corrected chi connectivity index (χ1v) is 6.62. The number of piperidine rings is 1. The number of anilines is 1. The summed E-state index contributed by atoms with van der Waals surface area (Å²) in [4.78, 5) is 42.5. The summed E-state index contributed by atoms with van der Waals surface area (Å²) < 4.78 is 4.89. The first-order valence-electron chi connectivity index (χ1n) is 6.62. The highest BCUT2D eigenvalue weighted by Crippen LogP contribution is 2.13. The number of hydrogen-bond acceptors (Lipinski definition) is 7. The highest BCUT2D eigenvalue weighted by molar-refractivity contribution is 6.01. The number of rotatable bonds is 4. The number of esters is 1. The van der Waals surface area contributed by atoms with E-state index in [0.717, 1.165) is 0 Å². The number of nitrogens with zero attached hydrogens (tertiary/aromatic N) is 2. The van der Waals surface area contributed by atoms with Gasteiger partial charge in [-0.05, 0) is 20.3 Å². The average molecular weight is 292 g/mol. The van der Waals surface area contributed by atoms with Crippen LogP contribution in [0.2, 0.25) is 0 Å². The van der Waals surface area contributed by atoms with Crippen LogP contribution in [0.1, 0.15) is 35.8 Å². The van der Waals surface area contributed by atoms with E-state index in [0.29, 0.717) is 12.1 Å². The normalized spacial score (nSPS) is 18.1. The average Bonchev–Trinajstić information content (AvgIpc) is 2.42. The van der Waals surface area contributed by atoms with Crippen molar-refractivity contribution in [1.29, 1.82) is 0 Å². The summed E-state index contributed by atoms with van der Waals surface area (Å²) in [7, 11) is 0. The van der Waals surface area contributed by atoms with Gasteiger partial charge < -0.3 is 10.1 Å². The summed E-state index contributed by atoms with van der Waals surface area (Å²) in [6.45, 7) is 3.64. The maximum absolute atomic E-state index is 11.6. The number of nitrogens with one attached hydrogen (secondary N) is 2. The SMILES string of the molecule is CCOC(=O)c1cnc(NC2CCC(=O)NC2=O)nc1C. The standard InChI is InChI=1S/C13H16N4O4/c1-3-21-12(20)8-6-14-13(15-7(8)2)16-9-4-5-10(18)17-11(9)19/h6,9H,3-5H2,1-2H3,(H,14,15,16)(H,17,18,19). The van der Waals surface area contributed by atoms with Gasteiger partial charge in [-0.1, -0.05) is 0 Å². The lowest BCUT2D eigenvalue weighted by Gasteiger charge is -2.21. The molecule has 1 fully saturated rings. The van der Waals surface area contributed by atoms with E-state index < -0.39 is 17.9 Å². The molecule has 2 rings (SSSR count). The second kappa shape index (κ2) is 6.29. The molecule has 1 aromatic heterocycles. The Morgan fingerprint density at radius 3 is 2.90 bits per heavy atom. The monoisotopic (exact) mass is 292 g/mol. The second-order valence-corrected chi connectivity index (χ2v) is 4.56. The molecule has 1 saturated heterocycles. The molecule has 0 saturated carbocycles. The predicted molar refractivity (Wildman–Crippen MR) is 72.5 cm³/mol. The van der Waals surface area contributed by atoms with Gasteiger partial charge in [0.1, 0.15) is 6.04 Å². The Balaban J connectivity index is 2.08. The highest BCUT2D eigenvalue weighted by atomic mass is 16.5. The zero-order chi connectivity index (χ0) is 15.4. The lowest BCUT2D eigenvalue weighted by molar-refractivity contribution is -0.133. The Labute approximate surface area is 121 Å². The van der Waals surface area contributed by atoms with E-state index in [2.05, 4.69) is 20.6 Å². The Bertz CT molecular complexity index is 588. The molecular weight excluding hydrogens is 276 g/mol. The van der Waals surface area contributed by atoms with Gasteiger partial charge in [0.05, 0.1) is 17.9 Å². The van der Waals surface area contributed by atoms with Crippen molar-refractivity contribution in [2.45, 2.75) is 32.7 Å². The fraction of sp³-hybridized carbons (Fsp3) is 0.462. The lowest BCUT2D eigenvalue weighted by atomic mass is 10.1. The van der Waals surface area contributed by atoms with E-state index in [-0.39, 0.29) is 30.4 Å². The number of ether oxygens (including phenoxy) is 1. The lowest BCUT2D eigenvalue weighted by Crippen LogP contribution is -2.47. The summed E-state index contributed by atoms with van der Waals surface area (Å²) >= 11 is 0. The topological polar surface area (TPSA) is 110 Å². The Hall–Kier alpha value is -2.51. The molecule has 8 nitrogen and oxygen atoms in total. The third kappa shape index (κ3) is 3.53. The van der Waals surface area contributed by atoms with E-state index >= 15 is 0 Å². The Kier molecular flexibility index (Phi) is 4.46. The molecule has 2 N–H and O–H groups in total. The van der Waals surface area contributed by atoms with E-state index in [1.54, 1.807) is 13.8 Å². The summed E-state index contributed by atoms with van der Waals surface area (Å²) in [5.41, 5.74) is 0.740. The molecule has 1 atom stereocenters. The molecule has 112 valence electrons. The van der Waals surface area contributed by atoms with Gasteiger partial charge in [0, 0.05) is 12.6 Å². The minimum absolute atomic E-state index is 0.232. The van der Waals surface area contributed by atoms with Gasteiger partial charge in [-0.3, -0.25) is 14.9 Å². The molecular formula is C13H16N4O4. The zero-order valence-corrected chi connectivity index (χ0v) is 11.8. The third-order valence-electron chi connectivity index (χ3n) is 3.02. The number of hydrogen-bond donors (Lipinski definition) is 2. The summed E-state index contributed by atoms with van der Waals surface area (Å²) in [5.74, 6) is -0.938. The molecule has 2 heterocycles. The third-order valence-corrected chi connectivity index (χ3v) is 3.02. The van der Waals surface area contributed by atoms with Crippen LogP contribution in [0.3, 0.4) is 0 Å². The number of carbonyl (C=O) groups excluding carboxylic acids is 3. The molecule has 8 heteroatoms. The van der Waals surface area contributed by atoms with E-state index in [1.807, 2.05) is 0 Å². The molecule has 21 heavy (non-hydrogen) atoms. The smallest absolute Gasteiger partial charge is 0.341 e. The number of imide groups is 1. The highest BCUT2D eigenvalue weighted by Gasteiger charge is 2.27. The molecule has 1 aromatic rings. The zero-order valence-electron chi connectivity index (χ0n) is 11.8. The van der Waals surface area contributed by atoms with E-state index in [4.69, 9.17) is 4.74 Å². The minimum atomic E-state index is -0.560. The van der Waals surface area contributed by atoms with Crippen LogP contribution >= 0.6 is 0 Å². The van der Waals surface area contributed by atoms with Crippen LogP contribution < -0.4 is 10.6 Å². The van der Waals surface area contributed by atoms with Crippen LogP contribution in [0.15, 0.2) is 6.20 Å². The molecule has 0 bridgehead atoms. The number of amides is 2. The fourth-order valence-electron chi connectivity index (χ4n) is 1.93. The van der Waals surface area contributed by atoms with E-state index in [1.165, 1.54) is 6.20 Å². The molecule has 0 aliphatic carbocycles. The molecule has 2 amide bonds. The largest absolute Gasteiger partial charge is 0.462 e. The van der Waals surface area contributed by atoms with Crippen molar-refractivity contribution in [3.8, 4) is 0 Å². The van der Waals surface area contributed by atoms with Crippen LogP contribution in [-0.2, 0) is 14.3 Å². The molecule has 1 aliphatic heterocycles. The molecule has 1 aliphatic rings. The first-order chi connectivity index (χ1) is 10.0. The minimum Gasteiger partial charge on any atom is -0.462 e. The molecule has 0 radical (unpaired) electrons. The van der Waals surface area contributed by atoms with Crippen LogP contribution in [0, 0.1) is 6.92 Å². The summed E-state index contributed by atoms with van der Waals surface area (Å²) in [6, 6.07) is -0.560. The van der Waals surface area contributed by atoms with Crippen molar-refractivity contribution < 1.29 is 19.1 Å². The van der Waals surface area contributed by atoms with Gasteiger partial charge >= 0.3 is 5.97 Å². The van der Waals surface area contributed by atoms with Crippen LogP contribution in [0.4, 0.5) is 5.95 Å². The number of aromatic nitrogens is 2. The van der Waals surface area contributed by atoms with Crippen molar-refractivity contribution in [3.05, 3.63) is 17.5 Å². The van der Waals surface area contributed by atoms with Crippen LogP contribution in [-0.4, -0.2) is 40.4 Å². The Morgan fingerprint density at radius 2 is 2.29 bits per heavy atom. The number of aryl methyl sites for hydroxylation is 1. The second-order valence-electron chi connectivity index (χ2n) is 4.56. The fourth-order valence-corrected chi connectivity index (χ4v) is 1.93. The summed E-state index contributed by atoms with van der Waals surface area (Å²) in [6.07, 6.45) is 2.00. The van der Waals surface area contributed by atoms with Gasteiger partial charge in [-0.25, -0.2) is 14.8 Å². The van der Waals surface area contributed by atoms with Gasteiger partial charge in [0.25, 0.3) is 0 Å². The molecule has 0 spiro atoms. The molecule has 1 unspecified atom stereocenters.